The maximum absolute atomic E-state index is 12.6. The van der Waals surface area contributed by atoms with Crippen molar-refractivity contribution in [1.82, 2.24) is 14.7 Å². The molecule has 5 heteroatoms. The molecule has 0 saturated carbocycles. The van der Waals surface area contributed by atoms with Crippen LogP contribution in [0.4, 0.5) is 0 Å². The van der Waals surface area contributed by atoms with Crippen LogP contribution in [0.2, 0.25) is 0 Å². The SMILES string of the molecule is CC(C)N(C(=O)CN1CCC(C(=O)N2CCCCC2)CC1)C(C)C. The number of carbonyl (C=O) groups excluding carboxylic acids is 2. The Morgan fingerprint density at radius 1 is 0.917 bits per heavy atom. The van der Waals surface area contributed by atoms with Crippen LogP contribution in [0.15, 0.2) is 0 Å². The molecule has 2 saturated heterocycles. The van der Waals surface area contributed by atoms with E-state index in [1.165, 1.54) is 6.42 Å². The normalized spacial score (nSPS) is 20.7. The van der Waals surface area contributed by atoms with Crippen LogP contribution in [0, 0.1) is 5.92 Å². The third-order valence-corrected chi connectivity index (χ3v) is 5.36. The lowest BCUT2D eigenvalue weighted by atomic mass is 9.94. The van der Waals surface area contributed by atoms with E-state index in [1.54, 1.807) is 0 Å². The monoisotopic (exact) mass is 337 g/mol. The number of hydrogen-bond donors (Lipinski definition) is 0. The van der Waals surface area contributed by atoms with Crippen LogP contribution < -0.4 is 0 Å². The predicted octanol–water partition coefficient (Wildman–Crippen LogP) is 2.36. The molecular weight excluding hydrogens is 302 g/mol. The Kier molecular flexibility index (Phi) is 7.08. The van der Waals surface area contributed by atoms with Crippen molar-refractivity contribution in [3.05, 3.63) is 0 Å². The lowest BCUT2D eigenvalue weighted by Crippen LogP contribution is -2.49. The standard InChI is InChI=1S/C19H35N3O2/c1-15(2)22(16(3)4)18(23)14-20-12-8-17(9-13-20)19(24)21-10-6-5-7-11-21/h15-17H,5-14H2,1-4H3. The van der Waals surface area contributed by atoms with E-state index in [1.807, 2.05) is 4.90 Å². The minimum absolute atomic E-state index is 0.167. The van der Waals surface area contributed by atoms with Crippen molar-refractivity contribution >= 4 is 11.8 Å². The van der Waals surface area contributed by atoms with Gasteiger partial charge in [-0.05, 0) is 72.9 Å². The number of amides is 2. The summed E-state index contributed by atoms with van der Waals surface area (Å²) in [4.78, 5) is 31.4. The molecule has 2 aliphatic heterocycles. The van der Waals surface area contributed by atoms with Crippen LogP contribution in [0.1, 0.15) is 59.8 Å². The van der Waals surface area contributed by atoms with E-state index < -0.39 is 0 Å². The Bertz CT molecular complexity index is 414. The average Bonchev–Trinajstić information content (AvgIpc) is 2.55. The van der Waals surface area contributed by atoms with Gasteiger partial charge in [-0.1, -0.05) is 0 Å². The fraction of sp³-hybridized carbons (Fsp3) is 0.895. The van der Waals surface area contributed by atoms with Crippen LogP contribution >= 0.6 is 0 Å². The van der Waals surface area contributed by atoms with E-state index in [0.717, 1.165) is 51.9 Å². The second-order valence-electron chi connectivity index (χ2n) is 7.92. The zero-order valence-corrected chi connectivity index (χ0v) is 16.0. The van der Waals surface area contributed by atoms with Crippen molar-refractivity contribution in [3.8, 4) is 0 Å². The van der Waals surface area contributed by atoms with Gasteiger partial charge in [0.2, 0.25) is 11.8 Å². The van der Waals surface area contributed by atoms with Gasteiger partial charge >= 0.3 is 0 Å². The Labute approximate surface area is 147 Å². The minimum atomic E-state index is 0.167. The van der Waals surface area contributed by atoms with Gasteiger partial charge in [-0.3, -0.25) is 14.5 Å². The third kappa shape index (κ3) is 4.95. The number of likely N-dealkylation sites (tertiary alicyclic amines) is 2. The molecule has 2 heterocycles. The summed E-state index contributed by atoms with van der Waals surface area (Å²) in [6.45, 7) is 12.4. The average molecular weight is 338 g/mol. The summed E-state index contributed by atoms with van der Waals surface area (Å²) < 4.78 is 0. The molecule has 0 aliphatic carbocycles. The third-order valence-electron chi connectivity index (χ3n) is 5.36. The lowest BCUT2D eigenvalue weighted by Gasteiger charge is -2.37. The second kappa shape index (κ2) is 8.84. The summed E-state index contributed by atoms with van der Waals surface area (Å²) in [5.74, 6) is 0.730. The minimum Gasteiger partial charge on any atom is -0.342 e. The Morgan fingerprint density at radius 2 is 1.46 bits per heavy atom. The van der Waals surface area contributed by atoms with Gasteiger partial charge in [0.1, 0.15) is 0 Å². The molecule has 2 fully saturated rings. The molecule has 5 nitrogen and oxygen atoms in total. The van der Waals surface area contributed by atoms with Gasteiger partial charge in [0, 0.05) is 31.1 Å². The molecule has 2 rings (SSSR count). The molecule has 0 aromatic heterocycles. The first-order valence-electron chi connectivity index (χ1n) is 9.72. The molecule has 0 radical (unpaired) electrons. The highest BCUT2D eigenvalue weighted by atomic mass is 16.2. The van der Waals surface area contributed by atoms with Crippen LogP contribution in [0.25, 0.3) is 0 Å². The molecule has 138 valence electrons. The molecule has 0 atom stereocenters. The summed E-state index contributed by atoms with van der Waals surface area (Å²) in [7, 11) is 0. The van der Waals surface area contributed by atoms with E-state index in [4.69, 9.17) is 0 Å². The van der Waals surface area contributed by atoms with E-state index >= 15 is 0 Å². The van der Waals surface area contributed by atoms with Crippen molar-refractivity contribution in [2.24, 2.45) is 5.92 Å². The molecule has 0 bridgehead atoms. The van der Waals surface area contributed by atoms with Gasteiger partial charge in [0.25, 0.3) is 0 Å². The first-order valence-corrected chi connectivity index (χ1v) is 9.72. The first kappa shape index (κ1) is 19.2. The maximum atomic E-state index is 12.6. The quantitative estimate of drug-likeness (QED) is 0.773. The Hall–Kier alpha value is -1.10. The van der Waals surface area contributed by atoms with Crippen molar-refractivity contribution in [2.75, 3.05) is 32.7 Å². The van der Waals surface area contributed by atoms with Gasteiger partial charge in [-0.25, -0.2) is 0 Å². The maximum Gasteiger partial charge on any atom is 0.237 e. The van der Waals surface area contributed by atoms with Gasteiger partial charge in [-0.2, -0.15) is 0 Å². The summed E-state index contributed by atoms with van der Waals surface area (Å²) in [6.07, 6.45) is 5.35. The topological polar surface area (TPSA) is 43.9 Å². The van der Waals surface area contributed by atoms with Crippen LogP contribution in [-0.2, 0) is 9.59 Å². The Morgan fingerprint density at radius 3 is 1.96 bits per heavy atom. The van der Waals surface area contributed by atoms with Crippen molar-refractivity contribution in [1.29, 1.82) is 0 Å². The number of nitrogens with zero attached hydrogens (tertiary/aromatic N) is 3. The van der Waals surface area contributed by atoms with Gasteiger partial charge in [0.15, 0.2) is 0 Å². The largest absolute Gasteiger partial charge is 0.342 e. The number of hydrogen-bond acceptors (Lipinski definition) is 3. The lowest BCUT2D eigenvalue weighted by molar-refractivity contribution is -0.139. The predicted molar refractivity (Wildman–Crippen MR) is 96.7 cm³/mol. The molecule has 24 heavy (non-hydrogen) atoms. The van der Waals surface area contributed by atoms with Gasteiger partial charge in [-0.15, -0.1) is 0 Å². The van der Waals surface area contributed by atoms with Gasteiger partial charge in [0.05, 0.1) is 6.54 Å². The zero-order valence-electron chi connectivity index (χ0n) is 16.0. The molecular formula is C19H35N3O2. The summed E-state index contributed by atoms with van der Waals surface area (Å²) in [6, 6.07) is 0.464. The van der Waals surface area contributed by atoms with Crippen LogP contribution in [0.3, 0.4) is 0 Å². The fourth-order valence-electron chi connectivity index (χ4n) is 4.16. The number of rotatable bonds is 5. The highest BCUT2D eigenvalue weighted by Crippen LogP contribution is 2.22. The van der Waals surface area contributed by atoms with Crippen LogP contribution in [0.5, 0.6) is 0 Å². The van der Waals surface area contributed by atoms with E-state index in [2.05, 4.69) is 37.5 Å². The van der Waals surface area contributed by atoms with Crippen molar-refractivity contribution in [2.45, 2.75) is 71.9 Å². The Balaban J connectivity index is 1.79. The van der Waals surface area contributed by atoms with E-state index in [9.17, 15) is 9.59 Å². The number of carbonyl (C=O) groups is 2. The number of piperidine rings is 2. The molecule has 0 aromatic carbocycles. The zero-order chi connectivity index (χ0) is 17.7. The summed E-state index contributed by atoms with van der Waals surface area (Å²) >= 11 is 0. The van der Waals surface area contributed by atoms with Crippen molar-refractivity contribution < 1.29 is 9.59 Å². The summed E-state index contributed by atoms with van der Waals surface area (Å²) in [5, 5.41) is 0. The highest BCUT2D eigenvalue weighted by Gasteiger charge is 2.30. The first-order chi connectivity index (χ1) is 11.4. The van der Waals surface area contributed by atoms with E-state index in [0.29, 0.717) is 12.5 Å². The molecule has 0 spiro atoms. The van der Waals surface area contributed by atoms with Crippen molar-refractivity contribution in [3.63, 3.8) is 0 Å². The van der Waals surface area contributed by atoms with Crippen LogP contribution in [-0.4, -0.2) is 71.3 Å². The van der Waals surface area contributed by atoms with E-state index in [-0.39, 0.29) is 23.9 Å². The highest BCUT2D eigenvalue weighted by molar-refractivity contribution is 5.80. The molecule has 2 aliphatic rings. The second-order valence-corrected chi connectivity index (χ2v) is 7.92. The fourth-order valence-corrected chi connectivity index (χ4v) is 4.16. The van der Waals surface area contributed by atoms with Gasteiger partial charge < -0.3 is 9.80 Å². The molecule has 0 aromatic rings. The molecule has 2 amide bonds. The molecule has 0 unspecified atom stereocenters. The smallest absolute Gasteiger partial charge is 0.237 e. The molecule has 0 N–H and O–H groups in total. The summed E-state index contributed by atoms with van der Waals surface area (Å²) in [5.41, 5.74) is 0.